The number of carbonyl (C=O) groups is 2. The number of aryl methyl sites for hydroxylation is 2. The number of hydrogen-bond donors (Lipinski definition) is 2. The minimum Gasteiger partial charge on any atom is -0.496 e. The van der Waals surface area contributed by atoms with E-state index in [0.717, 1.165) is 22.4 Å². The Bertz CT molecular complexity index is 721. The van der Waals surface area contributed by atoms with Crippen molar-refractivity contribution in [3.8, 4) is 5.75 Å². The van der Waals surface area contributed by atoms with Gasteiger partial charge in [-0.3, -0.25) is 9.78 Å². The number of amides is 1. The number of carbonyl (C=O) groups excluding carboxylic acids is 1. The molecule has 0 aliphatic rings. The minimum absolute atomic E-state index is 0.192. The molecule has 24 heavy (non-hydrogen) atoms. The van der Waals surface area contributed by atoms with Crippen LogP contribution in [0.4, 0.5) is 0 Å². The van der Waals surface area contributed by atoms with E-state index >= 15 is 0 Å². The number of carboxylic acids is 1. The second-order valence-electron chi connectivity index (χ2n) is 5.57. The predicted molar refractivity (Wildman–Crippen MR) is 89.3 cm³/mol. The Morgan fingerprint density at radius 2 is 1.79 bits per heavy atom. The van der Waals surface area contributed by atoms with Crippen molar-refractivity contribution < 1.29 is 19.4 Å². The van der Waals surface area contributed by atoms with Gasteiger partial charge in [0.05, 0.1) is 7.11 Å². The average Bonchev–Trinajstić information content (AvgIpc) is 2.54. The summed E-state index contributed by atoms with van der Waals surface area (Å²) in [5, 5.41) is 11.9. The standard InChI is InChI=1S/C18H20N2O4/c1-11-8-14(9-12(2)16(11)24-3)17(21)20-15(18(22)23)10-13-4-6-19-7-5-13/h4-9,15H,10H2,1-3H3,(H,20,21)(H,22,23). The summed E-state index contributed by atoms with van der Waals surface area (Å²) in [4.78, 5) is 27.8. The molecule has 1 atom stereocenters. The lowest BCUT2D eigenvalue weighted by Crippen LogP contribution is -2.42. The van der Waals surface area contributed by atoms with Gasteiger partial charge < -0.3 is 15.2 Å². The molecule has 0 aliphatic carbocycles. The smallest absolute Gasteiger partial charge is 0.326 e. The minimum atomic E-state index is -1.08. The third-order valence-electron chi connectivity index (χ3n) is 3.72. The van der Waals surface area contributed by atoms with E-state index in [2.05, 4.69) is 10.3 Å². The zero-order valence-electron chi connectivity index (χ0n) is 13.9. The first-order chi connectivity index (χ1) is 11.4. The molecular formula is C18H20N2O4. The summed E-state index contributed by atoms with van der Waals surface area (Å²) in [5.74, 6) is -0.787. The lowest BCUT2D eigenvalue weighted by molar-refractivity contribution is -0.139. The highest BCUT2D eigenvalue weighted by Crippen LogP contribution is 2.24. The number of pyridine rings is 1. The van der Waals surface area contributed by atoms with Crippen molar-refractivity contribution in [2.24, 2.45) is 0 Å². The van der Waals surface area contributed by atoms with Crippen molar-refractivity contribution in [3.05, 3.63) is 58.9 Å². The van der Waals surface area contributed by atoms with Gasteiger partial charge in [-0.05, 0) is 54.8 Å². The summed E-state index contributed by atoms with van der Waals surface area (Å²) in [5.41, 5.74) is 2.85. The SMILES string of the molecule is COc1c(C)cc(C(=O)NC(Cc2ccncc2)C(=O)O)cc1C. The van der Waals surface area contributed by atoms with Gasteiger partial charge in [0.2, 0.25) is 0 Å². The number of ether oxygens (including phenoxy) is 1. The number of carboxylic acid groups (broad SMARTS) is 1. The second kappa shape index (κ2) is 7.59. The van der Waals surface area contributed by atoms with Crippen LogP contribution in [0.15, 0.2) is 36.7 Å². The van der Waals surface area contributed by atoms with Crippen LogP contribution in [0.3, 0.4) is 0 Å². The van der Waals surface area contributed by atoms with Gasteiger partial charge in [0.15, 0.2) is 0 Å². The van der Waals surface area contributed by atoms with Crippen LogP contribution in [0.25, 0.3) is 0 Å². The topological polar surface area (TPSA) is 88.5 Å². The summed E-state index contributed by atoms with van der Waals surface area (Å²) >= 11 is 0. The molecule has 6 nitrogen and oxygen atoms in total. The quantitative estimate of drug-likeness (QED) is 0.848. The average molecular weight is 328 g/mol. The number of nitrogens with zero attached hydrogens (tertiary/aromatic N) is 1. The molecule has 1 aromatic carbocycles. The lowest BCUT2D eigenvalue weighted by atomic mass is 10.0. The van der Waals surface area contributed by atoms with Crippen LogP contribution < -0.4 is 10.1 Å². The molecule has 0 saturated carbocycles. The van der Waals surface area contributed by atoms with E-state index in [1.54, 1.807) is 43.8 Å². The molecule has 2 rings (SSSR count). The summed E-state index contributed by atoms with van der Waals surface area (Å²) in [6, 6.07) is 5.81. The molecule has 0 aliphatic heterocycles. The molecule has 2 N–H and O–H groups in total. The first-order valence-corrected chi connectivity index (χ1v) is 7.50. The van der Waals surface area contributed by atoms with Crippen LogP contribution in [-0.2, 0) is 11.2 Å². The van der Waals surface area contributed by atoms with Gasteiger partial charge in [-0.2, -0.15) is 0 Å². The van der Waals surface area contributed by atoms with Gasteiger partial charge >= 0.3 is 5.97 Å². The Morgan fingerprint density at radius 1 is 1.21 bits per heavy atom. The first-order valence-electron chi connectivity index (χ1n) is 7.50. The van der Waals surface area contributed by atoms with Gasteiger partial charge in [-0.15, -0.1) is 0 Å². The zero-order chi connectivity index (χ0) is 17.7. The van der Waals surface area contributed by atoms with E-state index in [1.165, 1.54) is 0 Å². The summed E-state index contributed by atoms with van der Waals surface area (Å²) in [6.07, 6.45) is 3.37. The predicted octanol–water partition coefficient (Wildman–Crippen LogP) is 2.13. The van der Waals surface area contributed by atoms with Crippen LogP contribution in [0.5, 0.6) is 5.75 Å². The number of hydrogen-bond acceptors (Lipinski definition) is 4. The Morgan fingerprint density at radius 3 is 2.29 bits per heavy atom. The monoisotopic (exact) mass is 328 g/mol. The fraction of sp³-hybridized carbons (Fsp3) is 0.278. The Hall–Kier alpha value is -2.89. The molecule has 6 heteroatoms. The molecule has 126 valence electrons. The fourth-order valence-electron chi connectivity index (χ4n) is 2.60. The van der Waals surface area contributed by atoms with E-state index in [9.17, 15) is 14.7 Å². The highest BCUT2D eigenvalue weighted by Gasteiger charge is 2.22. The Kier molecular flexibility index (Phi) is 5.52. The van der Waals surface area contributed by atoms with Gasteiger partial charge in [0.25, 0.3) is 5.91 Å². The van der Waals surface area contributed by atoms with Crippen LogP contribution in [0, 0.1) is 13.8 Å². The van der Waals surface area contributed by atoms with Crippen molar-refractivity contribution >= 4 is 11.9 Å². The summed E-state index contributed by atoms with van der Waals surface area (Å²) in [6.45, 7) is 3.68. The van der Waals surface area contributed by atoms with Crippen molar-refractivity contribution in [3.63, 3.8) is 0 Å². The first kappa shape index (κ1) is 17.5. The third kappa shape index (κ3) is 4.10. The largest absolute Gasteiger partial charge is 0.496 e. The van der Waals surface area contributed by atoms with Crippen LogP contribution in [0.2, 0.25) is 0 Å². The second-order valence-corrected chi connectivity index (χ2v) is 5.57. The molecular weight excluding hydrogens is 308 g/mol. The number of methoxy groups -OCH3 is 1. The molecule has 0 spiro atoms. The molecule has 1 heterocycles. The van der Waals surface area contributed by atoms with Gasteiger partial charge in [-0.25, -0.2) is 4.79 Å². The van der Waals surface area contributed by atoms with Crippen molar-refractivity contribution in [1.82, 2.24) is 10.3 Å². The maximum Gasteiger partial charge on any atom is 0.326 e. The van der Waals surface area contributed by atoms with E-state index in [4.69, 9.17) is 4.74 Å². The maximum absolute atomic E-state index is 12.4. The third-order valence-corrected chi connectivity index (χ3v) is 3.72. The number of nitrogens with one attached hydrogen (secondary N) is 1. The van der Waals surface area contributed by atoms with E-state index in [-0.39, 0.29) is 6.42 Å². The Labute approximate surface area is 140 Å². The molecule has 0 radical (unpaired) electrons. The van der Waals surface area contributed by atoms with E-state index in [1.807, 2.05) is 13.8 Å². The fourth-order valence-corrected chi connectivity index (χ4v) is 2.60. The summed E-state index contributed by atoms with van der Waals surface area (Å²) in [7, 11) is 1.57. The van der Waals surface area contributed by atoms with Crippen LogP contribution in [0.1, 0.15) is 27.0 Å². The zero-order valence-corrected chi connectivity index (χ0v) is 13.9. The van der Waals surface area contributed by atoms with Crippen molar-refractivity contribution in [2.75, 3.05) is 7.11 Å². The molecule has 1 unspecified atom stereocenters. The lowest BCUT2D eigenvalue weighted by Gasteiger charge is -2.16. The van der Waals surface area contributed by atoms with E-state index < -0.39 is 17.9 Å². The highest BCUT2D eigenvalue weighted by atomic mass is 16.5. The highest BCUT2D eigenvalue weighted by molar-refractivity contribution is 5.97. The van der Waals surface area contributed by atoms with Crippen molar-refractivity contribution in [1.29, 1.82) is 0 Å². The van der Waals surface area contributed by atoms with Crippen LogP contribution >= 0.6 is 0 Å². The molecule has 2 aromatic rings. The van der Waals surface area contributed by atoms with Crippen LogP contribution in [-0.4, -0.2) is 35.1 Å². The number of benzene rings is 1. The maximum atomic E-state index is 12.4. The van der Waals surface area contributed by atoms with E-state index in [0.29, 0.717) is 5.56 Å². The molecule has 1 aromatic heterocycles. The number of aromatic nitrogens is 1. The Balaban J connectivity index is 2.18. The number of rotatable bonds is 6. The normalized spacial score (nSPS) is 11.6. The molecule has 0 saturated heterocycles. The molecule has 1 amide bonds. The van der Waals surface area contributed by atoms with Gasteiger partial charge in [0, 0.05) is 24.4 Å². The number of aliphatic carboxylic acids is 1. The van der Waals surface area contributed by atoms with Gasteiger partial charge in [0.1, 0.15) is 11.8 Å². The van der Waals surface area contributed by atoms with Gasteiger partial charge in [-0.1, -0.05) is 0 Å². The molecule has 0 fully saturated rings. The molecule has 0 bridgehead atoms. The van der Waals surface area contributed by atoms with Crippen molar-refractivity contribution in [2.45, 2.75) is 26.3 Å². The summed E-state index contributed by atoms with van der Waals surface area (Å²) < 4.78 is 5.28.